The Morgan fingerprint density at radius 3 is 2.85 bits per heavy atom. The van der Waals surface area contributed by atoms with Crippen LogP contribution in [0.5, 0.6) is 0 Å². The van der Waals surface area contributed by atoms with E-state index in [0.29, 0.717) is 13.2 Å². The quantitative estimate of drug-likeness (QED) is 0.405. The molecule has 13 heavy (non-hydrogen) atoms. The second-order valence-corrected chi connectivity index (χ2v) is 2.66. The van der Waals surface area contributed by atoms with E-state index in [1.807, 2.05) is 0 Å². The zero-order chi connectivity index (χ0) is 10.1. The van der Waals surface area contributed by atoms with Gasteiger partial charge in [0.2, 0.25) is 0 Å². The van der Waals surface area contributed by atoms with E-state index < -0.39 is 0 Å². The van der Waals surface area contributed by atoms with Crippen LogP contribution in [0.25, 0.3) is 0 Å². The van der Waals surface area contributed by atoms with E-state index in [4.69, 9.17) is 14.6 Å². The first-order chi connectivity index (χ1) is 6.20. The number of rotatable bonds is 7. The topological polar surface area (TPSA) is 67.8 Å². The summed E-state index contributed by atoms with van der Waals surface area (Å²) in [6.45, 7) is 2.68. The molecule has 0 aliphatic rings. The number of ether oxygens (including phenoxy) is 2. The standard InChI is InChI=1S/C8H17NO4/c1-7(6-12-2)13-8(11)5-9-3-4-10/h7,9-10H,3-6H2,1-2H3. The van der Waals surface area contributed by atoms with E-state index in [2.05, 4.69) is 5.32 Å². The van der Waals surface area contributed by atoms with Crippen LogP contribution in [0.3, 0.4) is 0 Å². The number of aliphatic hydroxyl groups is 1. The van der Waals surface area contributed by atoms with E-state index in [1.165, 1.54) is 0 Å². The predicted octanol–water partition coefficient (Wildman–Crippen LogP) is -0.854. The van der Waals surface area contributed by atoms with Crippen molar-refractivity contribution in [1.82, 2.24) is 5.32 Å². The van der Waals surface area contributed by atoms with Gasteiger partial charge in [-0.05, 0) is 6.92 Å². The van der Waals surface area contributed by atoms with Crippen molar-refractivity contribution in [3.05, 3.63) is 0 Å². The third-order valence-corrected chi connectivity index (χ3v) is 1.29. The monoisotopic (exact) mass is 191 g/mol. The molecule has 2 N–H and O–H groups in total. The number of carbonyl (C=O) groups excluding carboxylic acids is 1. The lowest BCUT2D eigenvalue weighted by Crippen LogP contribution is -2.30. The number of methoxy groups -OCH3 is 1. The summed E-state index contributed by atoms with van der Waals surface area (Å²) in [5.74, 6) is -0.335. The minimum atomic E-state index is -0.335. The Bertz CT molecular complexity index is 140. The highest BCUT2D eigenvalue weighted by Crippen LogP contribution is 1.90. The fraction of sp³-hybridized carbons (Fsp3) is 0.875. The molecule has 0 bridgehead atoms. The van der Waals surface area contributed by atoms with Crippen molar-refractivity contribution in [2.75, 3.05) is 33.4 Å². The van der Waals surface area contributed by atoms with Gasteiger partial charge < -0.3 is 19.9 Å². The van der Waals surface area contributed by atoms with Crippen molar-refractivity contribution in [3.63, 3.8) is 0 Å². The first-order valence-corrected chi connectivity index (χ1v) is 4.20. The van der Waals surface area contributed by atoms with Crippen LogP contribution in [-0.2, 0) is 14.3 Å². The maximum atomic E-state index is 11.0. The number of nitrogens with one attached hydrogen (secondary N) is 1. The van der Waals surface area contributed by atoms with E-state index in [0.717, 1.165) is 0 Å². The molecule has 1 atom stereocenters. The lowest BCUT2D eigenvalue weighted by molar-refractivity contribution is -0.149. The molecule has 0 aromatic carbocycles. The summed E-state index contributed by atoms with van der Waals surface area (Å²) in [4.78, 5) is 11.0. The zero-order valence-electron chi connectivity index (χ0n) is 8.08. The minimum absolute atomic E-state index is 0.0148. The van der Waals surface area contributed by atoms with Gasteiger partial charge in [-0.15, -0.1) is 0 Å². The number of hydrogen-bond donors (Lipinski definition) is 2. The Morgan fingerprint density at radius 2 is 2.31 bits per heavy atom. The van der Waals surface area contributed by atoms with Gasteiger partial charge in [0.05, 0.1) is 19.8 Å². The normalized spacial score (nSPS) is 12.5. The molecule has 0 amide bonds. The van der Waals surface area contributed by atoms with E-state index in [-0.39, 0.29) is 25.2 Å². The molecule has 0 heterocycles. The van der Waals surface area contributed by atoms with Gasteiger partial charge in [0.1, 0.15) is 6.10 Å². The summed E-state index contributed by atoms with van der Waals surface area (Å²) in [7, 11) is 1.55. The Kier molecular flexibility index (Phi) is 7.57. The second-order valence-electron chi connectivity index (χ2n) is 2.66. The van der Waals surface area contributed by atoms with Crippen molar-refractivity contribution < 1.29 is 19.4 Å². The molecule has 0 fully saturated rings. The largest absolute Gasteiger partial charge is 0.459 e. The van der Waals surface area contributed by atoms with E-state index in [1.54, 1.807) is 14.0 Å². The maximum Gasteiger partial charge on any atom is 0.320 e. The van der Waals surface area contributed by atoms with Crippen LogP contribution < -0.4 is 5.32 Å². The summed E-state index contributed by atoms with van der Waals surface area (Å²) < 4.78 is 9.72. The Morgan fingerprint density at radius 1 is 1.62 bits per heavy atom. The second kappa shape index (κ2) is 7.97. The predicted molar refractivity (Wildman–Crippen MR) is 47.4 cm³/mol. The minimum Gasteiger partial charge on any atom is -0.459 e. The van der Waals surface area contributed by atoms with Gasteiger partial charge >= 0.3 is 5.97 Å². The highest BCUT2D eigenvalue weighted by atomic mass is 16.6. The molecule has 0 spiro atoms. The van der Waals surface area contributed by atoms with Crippen LogP contribution in [0.1, 0.15) is 6.92 Å². The SMILES string of the molecule is COCC(C)OC(=O)CNCCO. The zero-order valence-corrected chi connectivity index (χ0v) is 8.08. The van der Waals surface area contributed by atoms with Crippen molar-refractivity contribution >= 4 is 5.97 Å². The Labute approximate surface area is 78.0 Å². The molecule has 5 nitrogen and oxygen atoms in total. The third kappa shape index (κ3) is 7.70. The van der Waals surface area contributed by atoms with Crippen LogP contribution in [0, 0.1) is 0 Å². The molecule has 0 rings (SSSR count). The average molecular weight is 191 g/mol. The summed E-state index contributed by atoms with van der Waals surface area (Å²) in [6, 6.07) is 0. The fourth-order valence-electron chi connectivity index (χ4n) is 0.804. The number of aliphatic hydroxyl groups excluding tert-OH is 1. The molecule has 0 saturated carbocycles. The molecular weight excluding hydrogens is 174 g/mol. The van der Waals surface area contributed by atoms with Crippen LogP contribution >= 0.6 is 0 Å². The van der Waals surface area contributed by atoms with Gasteiger partial charge in [-0.3, -0.25) is 4.79 Å². The maximum absolute atomic E-state index is 11.0. The average Bonchev–Trinajstić information content (AvgIpc) is 2.05. The molecule has 0 aliphatic carbocycles. The smallest absolute Gasteiger partial charge is 0.320 e. The van der Waals surface area contributed by atoms with E-state index >= 15 is 0 Å². The molecule has 0 aliphatic heterocycles. The van der Waals surface area contributed by atoms with Gasteiger partial charge in [0, 0.05) is 13.7 Å². The van der Waals surface area contributed by atoms with Crippen LogP contribution in [0.4, 0.5) is 0 Å². The van der Waals surface area contributed by atoms with Crippen LogP contribution in [-0.4, -0.2) is 50.6 Å². The van der Waals surface area contributed by atoms with Gasteiger partial charge in [-0.2, -0.15) is 0 Å². The molecule has 0 aromatic rings. The first kappa shape index (κ1) is 12.3. The number of esters is 1. The van der Waals surface area contributed by atoms with E-state index in [9.17, 15) is 4.79 Å². The van der Waals surface area contributed by atoms with Gasteiger partial charge in [0.15, 0.2) is 0 Å². The highest BCUT2D eigenvalue weighted by Gasteiger charge is 2.07. The molecule has 0 saturated heterocycles. The summed E-state index contributed by atoms with van der Waals surface area (Å²) in [5, 5.41) is 11.1. The summed E-state index contributed by atoms with van der Waals surface area (Å²) in [6.07, 6.45) is -0.228. The van der Waals surface area contributed by atoms with Crippen LogP contribution in [0.15, 0.2) is 0 Å². The lowest BCUT2D eigenvalue weighted by Gasteiger charge is -2.11. The van der Waals surface area contributed by atoms with Crippen LogP contribution in [0.2, 0.25) is 0 Å². The van der Waals surface area contributed by atoms with Gasteiger partial charge in [-0.1, -0.05) is 0 Å². The third-order valence-electron chi connectivity index (χ3n) is 1.29. The van der Waals surface area contributed by atoms with Gasteiger partial charge in [0.25, 0.3) is 0 Å². The molecule has 0 radical (unpaired) electrons. The molecule has 0 aromatic heterocycles. The summed E-state index contributed by atoms with van der Waals surface area (Å²) in [5.41, 5.74) is 0. The molecule has 5 heteroatoms. The molecule has 78 valence electrons. The molecule has 1 unspecified atom stereocenters. The Balaban J connectivity index is 3.38. The van der Waals surface area contributed by atoms with Crippen molar-refractivity contribution in [2.24, 2.45) is 0 Å². The van der Waals surface area contributed by atoms with Gasteiger partial charge in [-0.25, -0.2) is 0 Å². The highest BCUT2D eigenvalue weighted by molar-refractivity contribution is 5.71. The molecular formula is C8H17NO4. The van der Waals surface area contributed by atoms with Crippen molar-refractivity contribution in [2.45, 2.75) is 13.0 Å². The fourth-order valence-corrected chi connectivity index (χ4v) is 0.804. The van der Waals surface area contributed by atoms with Crippen molar-refractivity contribution in [1.29, 1.82) is 0 Å². The summed E-state index contributed by atoms with van der Waals surface area (Å²) >= 11 is 0. The Hall–Kier alpha value is -0.650. The lowest BCUT2D eigenvalue weighted by atomic mass is 10.4. The van der Waals surface area contributed by atoms with Crippen molar-refractivity contribution in [3.8, 4) is 0 Å². The number of hydrogen-bond acceptors (Lipinski definition) is 5. The first-order valence-electron chi connectivity index (χ1n) is 4.20. The number of carbonyl (C=O) groups is 1.